The third-order valence-electron chi connectivity index (χ3n) is 3.81. The van der Waals surface area contributed by atoms with E-state index in [0.29, 0.717) is 17.4 Å². The van der Waals surface area contributed by atoms with Crippen molar-refractivity contribution in [2.24, 2.45) is 0 Å². The summed E-state index contributed by atoms with van der Waals surface area (Å²) in [4.78, 5) is 13.7. The summed E-state index contributed by atoms with van der Waals surface area (Å²) in [5.41, 5.74) is 10.1. The number of hydrogen-bond acceptors (Lipinski definition) is 6. The van der Waals surface area contributed by atoms with Gasteiger partial charge in [-0.2, -0.15) is 5.10 Å². The molecule has 3 heterocycles. The molecule has 0 spiro atoms. The van der Waals surface area contributed by atoms with Gasteiger partial charge in [-0.3, -0.25) is 4.68 Å². The first-order chi connectivity index (χ1) is 11.0. The molecule has 0 saturated carbocycles. The van der Waals surface area contributed by atoms with Crippen LogP contribution in [0.25, 0.3) is 22.2 Å². The van der Waals surface area contributed by atoms with E-state index in [1.807, 2.05) is 31.0 Å². The lowest BCUT2D eigenvalue weighted by molar-refractivity contribution is 0.532. The van der Waals surface area contributed by atoms with Gasteiger partial charge in [-0.15, -0.1) is 0 Å². The average molecular weight is 311 g/mol. The summed E-state index contributed by atoms with van der Waals surface area (Å²) in [6.45, 7) is 6.21. The highest BCUT2D eigenvalue weighted by Gasteiger charge is 2.15. The van der Waals surface area contributed by atoms with Crippen LogP contribution in [0.4, 0.5) is 11.6 Å². The molecule has 0 aliphatic carbocycles. The van der Waals surface area contributed by atoms with Crippen LogP contribution in [-0.2, 0) is 6.42 Å². The van der Waals surface area contributed by atoms with Crippen molar-refractivity contribution in [1.29, 1.82) is 0 Å². The molecule has 0 aliphatic heterocycles. The van der Waals surface area contributed by atoms with Gasteiger partial charge in [-0.05, 0) is 20.3 Å². The first-order valence-corrected chi connectivity index (χ1v) is 7.72. The van der Waals surface area contributed by atoms with Crippen LogP contribution >= 0.6 is 0 Å². The zero-order chi connectivity index (χ0) is 16.6. The normalized spacial score (nSPS) is 11.3. The molecule has 0 saturated heterocycles. The fourth-order valence-corrected chi connectivity index (χ4v) is 2.51. The fraction of sp³-hybridized carbons (Fsp3) is 0.375. The SMILES string of the molecule is CCc1nc2c(N)ncc(-c3cnn(C(C)C)c3)c2nc1NC. The number of aromatic nitrogens is 5. The van der Waals surface area contributed by atoms with Crippen molar-refractivity contribution in [2.45, 2.75) is 33.2 Å². The minimum Gasteiger partial charge on any atom is -0.382 e. The molecule has 0 bridgehead atoms. The maximum atomic E-state index is 6.02. The minimum atomic E-state index is 0.294. The molecule has 0 amide bonds. The minimum absolute atomic E-state index is 0.294. The second-order valence-electron chi connectivity index (χ2n) is 5.68. The summed E-state index contributed by atoms with van der Waals surface area (Å²) in [6, 6.07) is 0.294. The maximum Gasteiger partial charge on any atom is 0.151 e. The smallest absolute Gasteiger partial charge is 0.151 e. The third-order valence-corrected chi connectivity index (χ3v) is 3.81. The molecule has 0 aliphatic rings. The van der Waals surface area contributed by atoms with Crippen LogP contribution in [0.1, 0.15) is 32.5 Å². The van der Waals surface area contributed by atoms with Gasteiger partial charge in [0.05, 0.1) is 11.9 Å². The Morgan fingerprint density at radius 2 is 2.00 bits per heavy atom. The van der Waals surface area contributed by atoms with Crippen LogP contribution in [0, 0.1) is 0 Å². The number of fused-ring (bicyclic) bond motifs is 1. The van der Waals surface area contributed by atoms with Crippen molar-refractivity contribution in [3.63, 3.8) is 0 Å². The molecule has 7 nitrogen and oxygen atoms in total. The van der Waals surface area contributed by atoms with E-state index in [2.05, 4.69) is 34.2 Å². The molecule has 0 radical (unpaired) electrons. The number of aryl methyl sites for hydroxylation is 1. The van der Waals surface area contributed by atoms with E-state index in [4.69, 9.17) is 10.7 Å². The van der Waals surface area contributed by atoms with E-state index in [1.54, 1.807) is 6.20 Å². The Kier molecular flexibility index (Phi) is 3.85. The molecular weight excluding hydrogens is 290 g/mol. The Bertz CT molecular complexity index is 851. The topological polar surface area (TPSA) is 94.5 Å². The third kappa shape index (κ3) is 2.58. The average Bonchev–Trinajstić information content (AvgIpc) is 3.04. The van der Waals surface area contributed by atoms with Gasteiger partial charge in [0.1, 0.15) is 16.9 Å². The van der Waals surface area contributed by atoms with Gasteiger partial charge in [-0.1, -0.05) is 6.92 Å². The van der Waals surface area contributed by atoms with E-state index in [9.17, 15) is 0 Å². The van der Waals surface area contributed by atoms with Crippen LogP contribution in [0.15, 0.2) is 18.6 Å². The van der Waals surface area contributed by atoms with Gasteiger partial charge in [0, 0.05) is 36.6 Å². The highest BCUT2D eigenvalue weighted by atomic mass is 15.3. The van der Waals surface area contributed by atoms with E-state index >= 15 is 0 Å². The van der Waals surface area contributed by atoms with Crippen molar-refractivity contribution in [1.82, 2.24) is 24.7 Å². The van der Waals surface area contributed by atoms with Crippen molar-refractivity contribution in [2.75, 3.05) is 18.1 Å². The first kappa shape index (κ1) is 15.2. The second-order valence-corrected chi connectivity index (χ2v) is 5.68. The summed E-state index contributed by atoms with van der Waals surface area (Å²) in [7, 11) is 1.84. The van der Waals surface area contributed by atoms with Crippen LogP contribution in [0.3, 0.4) is 0 Å². The van der Waals surface area contributed by atoms with E-state index in [-0.39, 0.29) is 0 Å². The standard InChI is InChI=1S/C16H21N7/c1-5-12-16(18-4)22-13-11(7-19-15(17)14(13)21-12)10-6-20-23(8-10)9(2)3/h6-9H,5H2,1-4H3,(H2,17,19)(H,18,22). The number of nitrogens with zero attached hydrogens (tertiary/aromatic N) is 5. The van der Waals surface area contributed by atoms with Gasteiger partial charge in [0.15, 0.2) is 5.82 Å². The van der Waals surface area contributed by atoms with Gasteiger partial charge in [0.25, 0.3) is 0 Å². The molecule has 0 aromatic carbocycles. The summed E-state index contributed by atoms with van der Waals surface area (Å²) >= 11 is 0. The number of nitrogens with two attached hydrogens (primary N) is 1. The van der Waals surface area contributed by atoms with Crippen molar-refractivity contribution < 1.29 is 0 Å². The largest absolute Gasteiger partial charge is 0.382 e. The van der Waals surface area contributed by atoms with Crippen LogP contribution in [0.5, 0.6) is 0 Å². The molecule has 0 atom stereocenters. The number of hydrogen-bond donors (Lipinski definition) is 2. The second kappa shape index (κ2) is 5.83. The van der Waals surface area contributed by atoms with Gasteiger partial charge < -0.3 is 11.1 Å². The number of rotatable bonds is 4. The Morgan fingerprint density at radius 1 is 1.22 bits per heavy atom. The lowest BCUT2D eigenvalue weighted by Crippen LogP contribution is -2.05. The Hall–Kier alpha value is -2.70. The van der Waals surface area contributed by atoms with Crippen molar-refractivity contribution >= 4 is 22.7 Å². The molecule has 3 rings (SSSR count). The molecule has 3 aromatic rings. The van der Waals surface area contributed by atoms with E-state index < -0.39 is 0 Å². The molecular formula is C16H21N7. The summed E-state index contributed by atoms with van der Waals surface area (Å²) in [6.07, 6.45) is 6.32. The Labute approximate surface area is 135 Å². The quantitative estimate of drug-likeness (QED) is 0.769. The van der Waals surface area contributed by atoms with Gasteiger partial charge >= 0.3 is 0 Å². The summed E-state index contributed by atoms with van der Waals surface area (Å²) in [5, 5.41) is 7.50. The van der Waals surface area contributed by atoms with Gasteiger partial charge in [0.2, 0.25) is 0 Å². The van der Waals surface area contributed by atoms with Crippen LogP contribution in [0.2, 0.25) is 0 Å². The predicted octanol–water partition coefficient (Wildman–Crippen LogP) is 2.66. The van der Waals surface area contributed by atoms with E-state index in [1.165, 1.54) is 0 Å². The van der Waals surface area contributed by atoms with Gasteiger partial charge in [-0.25, -0.2) is 15.0 Å². The lowest BCUT2D eigenvalue weighted by atomic mass is 10.1. The maximum absolute atomic E-state index is 6.02. The Balaban J connectivity index is 2.26. The van der Waals surface area contributed by atoms with E-state index in [0.717, 1.165) is 34.6 Å². The lowest BCUT2D eigenvalue weighted by Gasteiger charge is -2.11. The predicted molar refractivity (Wildman–Crippen MR) is 92.3 cm³/mol. The molecule has 7 heteroatoms. The zero-order valence-electron chi connectivity index (χ0n) is 13.8. The molecule has 23 heavy (non-hydrogen) atoms. The molecule has 120 valence electrons. The first-order valence-electron chi connectivity index (χ1n) is 7.72. The zero-order valence-corrected chi connectivity index (χ0v) is 13.8. The monoisotopic (exact) mass is 311 g/mol. The Morgan fingerprint density at radius 3 is 2.61 bits per heavy atom. The number of nitrogens with one attached hydrogen (secondary N) is 1. The van der Waals surface area contributed by atoms with Crippen LogP contribution < -0.4 is 11.1 Å². The summed E-state index contributed by atoms with van der Waals surface area (Å²) < 4.78 is 1.91. The molecule has 3 aromatic heterocycles. The number of anilines is 2. The summed E-state index contributed by atoms with van der Waals surface area (Å²) in [5.74, 6) is 1.16. The molecule has 0 fully saturated rings. The fourth-order valence-electron chi connectivity index (χ4n) is 2.51. The highest BCUT2D eigenvalue weighted by Crippen LogP contribution is 2.30. The number of pyridine rings is 1. The molecule has 0 unspecified atom stereocenters. The number of nitrogen functional groups attached to an aromatic ring is 1. The molecule has 3 N–H and O–H groups in total. The van der Waals surface area contributed by atoms with Crippen molar-refractivity contribution in [3.05, 3.63) is 24.3 Å². The highest BCUT2D eigenvalue weighted by molar-refractivity contribution is 5.96. The van der Waals surface area contributed by atoms with Crippen molar-refractivity contribution in [3.8, 4) is 11.1 Å². The van der Waals surface area contributed by atoms with Crippen LogP contribution in [-0.4, -0.2) is 31.8 Å².